The molecule has 1 N–H and O–H groups in total. The Morgan fingerprint density at radius 1 is 1.29 bits per heavy atom. The van der Waals surface area contributed by atoms with Crippen molar-refractivity contribution in [2.75, 3.05) is 39.9 Å². The molecule has 1 rings (SSSR count). The highest BCUT2D eigenvalue weighted by Crippen LogP contribution is 1.99. The average molecular weight is 237 g/mol. The van der Waals surface area contributed by atoms with E-state index in [4.69, 9.17) is 4.74 Å². The number of likely N-dealkylation sites (N-methyl/N-ethyl adjacent to an activating group) is 1. The second-order valence-corrected chi connectivity index (χ2v) is 4.04. The molecule has 0 aliphatic heterocycles. The molecule has 1 aromatic heterocycles. The Morgan fingerprint density at radius 3 is 2.76 bits per heavy atom. The maximum absolute atomic E-state index is 5.25. The van der Waals surface area contributed by atoms with E-state index in [9.17, 15) is 0 Å². The molecule has 4 nitrogen and oxygen atoms in total. The number of pyridine rings is 1. The fraction of sp³-hybridized carbons (Fsp3) is 0.615. The lowest BCUT2D eigenvalue weighted by Gasteiger charge is -2.16. The summed E-state index contributed by atoms with van der Waals surface area (Å²) in [4.78, 5) is 6.31. The van der Waals surface area contributed by atoms with E-state index in [1.165, 1.54) is 5.56 Å². The third-order valence-corrected chi connectivity index (χ3v) is 2.50. The minimum Gasteiger partial charge on any atom is -0.380 e. The summed E-state index contributed by atoms with van der Waals surface area (Å²) in [7, 11) is 2.13. The highest BCUT2D eigenvalue weighted by molar-refractivity contribution is 5.09. The summed E-state index contributed by atoms with van der Waals surface area (Å²) >= 11 is 0. The molecule has 1 heterocycles. The molecule has 0 fully saturated rings. The van der Waals surface area contributed by atoms with Gasteiger partial charge in [-0.3, -0.25) is 4.98 Å². The van der Waals surface area contributed by atoms with Crippen LogP contribution in [-0.2, 0) is 11.3 Å². The van der Waals surface area contributed by atoms with E-state index in [0.29, 0.717) is 0 Å². The summed E-state index contributed by atoms with van der Waals surface area (Å²) in [6, 6.07) is 4.11. The van der Waals surface area contributed by atoms with Crippen molar-refractivity contribution < 1.29 is 4.74 Å². The summed E-state index contributed by atoms with van der Waals surface area (Å²) in [5, 5.41) is 3.36. The van der Waals surface area contributed by atoms with Crippen LogP contribution in [0.1, 0.15) is 12.5 Å². The Morgan fingerprint density at radius 2 is 2.06 bits per heavy atom. The van der Waals surface area contributed by atoms with Crippen molar-refractivity contribution in [3.05, 3.63) is 30.1 Å². The molecule has 0 atom stereocenters. The molecule has 0 radical (unpaired) electrons. The highest BCUT2D eigenvalue weighted by Gasteiger charge is 1.99. The smallest absolute Gasteiger partial charge is 0.0590 e. The third kappa shape index (κ3) is 7.05. The second kappa shape index (κ2) is 9.10. The van der Waals surface area contributed by atoms with Crippen molar-refractivity contribution >= 4 is 0 Å². The van der Waals surface area contributed by atoms with Crippen LogP contribution < -0.4 is 5.32 Å². The lowest BCUT2D eigenvalue weighted by atomic mass is 10.2. The first-order valence-corrected chi connectivity index (χ1v) is 6.19. The molecule has 0 aliphatic carbocycles. The number of aromatic nitrogens is 1. The maximum Gasteiger partial charge on any atom is 0.0590 e. The Labute approximate surface area is 104 Å². The van der Waals surface area contributed by atoms with E-state index < -0.39 is 0 Å². The molecule has 17 heavy (non-hydrogen) atoms. The van der Waals surface area contributed by atoms with Crippen LogP contribution in [0.3, 0.4) is 0 Å². The standard InChI is InChI=1S/C13H23N3O/c1-3-17-11-9-15-8-10-16(2)12-13-4-6-14-7-5-13/h4-7,15H,3,8-12H2,1-2H3. The van der Waals surface area contributed by atoms with Crippen LogP contribution >= 0.6 is 0 Å². The van der Waals surface area contributed by atoms with Crippen LogP contribution in [0.25, 0.3) is 0 Å². The van der Waals surface area contributed by atoms with E-state index in [1.807, 2.05) is 19.3 Å². The molecule has 0 amide bonds. The Bertz CT molecular complexity index is 279. The molecule has 0 aliphatic rings. The van der Waals surface area contributed by atoms with Gasteiger partial charge in [0.05, 0.1) is 6.61 Å². The normalized spacial score (nSPS) is 11.0. The van der Waals surface area contributed by atoms with Gasteiger partial charge in [0.1, 0.15) is 0 Å². The zero-order chi connectivity index (χ0) is 12.3. The van der Waals surface area contributed by atoms with Crippen LogP contribution in [0.2, 0.25) is 0 Å². The first kappa shape index (κ1) is 14.1. The topological polar surface area (TPSA) is 37.4 Å². The SMILES string of the molecule is CCOCCNCCN(C)Cc1ccncc1. The predicted molar refractivity (Wildman–Crippen MR) is 69.9 cm³/mol. The van der Waals surface area contributed by atoms with Gasteiger partial charge in [0.25, 0.3) is 0 Å². The average Bonchev–Trinajstić information content (AvgIpc) is 2.35. The van der Waals surface area contributed by atoms with Gasteiger partial charge >= 0.3 is 0 Å². The summed E-state index contributed by atoms with van der Waals surface area (Å²) in [6.07, 6.45) is 3.67. The molecular formula is C13H23N3O. The van der Waals surface area contributed by atoms with Gasteiger partial charge in [0.15, 0.2) is 0 Å². The minimum absolute atomic E-state index is 0.795. The third-order valence-electron chi connectivity index (χ3n) is 2.50. The molecule has 1 aromatic rings. The molecule has 0 saturated heterocycles. The van der Waals surface area contributed by atoms with Gasteiger partial charge in [-0.1, -0.05) is 0 Å². The maximum atomic E-state index is 5.25. The number of rotatable bonds is 9. The zero-order valence-electron chi connectivity index (χ0n) is 10.9. The highest BCUT2D eigenvalue weighted by atomic mass is 16.5. The van der Waals surface area contributed by atoms with Crippen molar-refractivity contribution in [2.45, 2.75) is 13.5 Å². The van der Waals surface area contributed by atoms with Crippen LogP contribution in [0, 0.1) is 0 Å². The largest absolute Gasteiger partial charge is 0.380 e. The number of nitrogens with one attached hydrogen (secondary N) is 1. The van der Waals surface area contributed by atoms with Gasteiger partial charge in [0, 0.05) is 45.2 Å². The summed E-state index contributed by atoms with van der Waals surface area (Å²) < 4.78 is 5.25. The van der Waals surface area contributed by atoms with E-state index in [2.05, 4.69) is 34.4 Å². The molecule has 0 aromatic carbocycles. The van der Waals surface area contributed by atoms with E-state index in [0.717, 1.165) is 39.4 Å². The Balaban J connectivity index is 2.03. The van der Waals surface area contributed by atoms with Gasteiger partial charge in [0.2, 0.25) is 0 Å². The molecule has 0 unspecified atom stereocenters. The molecule has 0 saturated carbocycles. The van der Waals surface area contributed by atoms with E-state index in [-0.39, 0.29) is 0 Å². The van der Waals surface area contributed by atoms with Gasteiger partial charge < -0.3 is 15.0 Å². The van der Waals surface area contributed by atoms with Crippen LogP contribution in [0.4, 0.5) is 0 Å². The van der Waals surface area contributed by atoms with Gasteiger partial charge in [-0.15, -0.1) is 0 Å². The lowest BCUT2D eigenvalue weighted by Crippen LogP contribution is -2.30. The fourth-order valence-corrected chi connectivity index (χ4v) is 1.56. The lowest BCUT2D eigenvalue weighted by molar-refractivity contribution is 0.148. The number of ether oxygens (including phenoxy) is 1. The molecule has 4 heteroatoms. The van der Waals surface area contributed by atoms with E-state index >= 15 is 0 Å². The predicted octanol–water partition coefficient (Wildman–Crippen LogP) is 1.14. The van der Waals surface area contributed by atoms with Crippen LogP contribution in [0.5, 0.6) is 0 Å². The van der Waals surface area contributed by atoms with Gasteiger partial charge in [-0.2, -0.15) is 0 Å². The Hall–Kier alpha value is -0.970. The minimum atomic E-state index is 0.795. The molecule has 96 valence electrons. The first-order valence-electron chi connectivity index (χ1n) is 6.19. The fourth-order valence-electron chi connectivity index (χ4n) is 1.56. The monoisotopic (exact) mass is 237 g/mol. The first-order chi connectivity index (χ1) is 8.33. The van der Waals surface area contributed by atoms with E-state index in [1.54, 1.807) is 0 Å². The van der Waals surface area contributed by atoms with Crippen molar-refractivity contribution in [2.24, 2.45) is 0 Å². The Kier molecular flexibility index (Phi) is 7.54. The summed E-state index contributed by atoms with van der Waals surface area (Å²) in [6.45, 7) is 7.53. The molecule has 0 bridgehead atoms. The van der Waals surface area contributed by atoms with Gasteiger partial charge in [-0.25, -0.2) is 0 Å². The van der Waals surface area contributed by atoms with Crippen LogP contribution in [0.15, 0.2) is 24.5 Å². The number of hydrogen-bond acceptors (Lipinski definition) is 4. The van der Waals surface area contributed by atoms with Crippen molar-refractivity contribution in [3.8, 4) is 0 Å². The quantitative estimate of drug-likeness (QED) is 0.654. The molecular weight excluding hydrogens is 214 g/mol. The zero-order valence-corrected chi connectivity index (χ0v) is 10.9. The molecule has 0 spiro atoms. The van der Waals surface area contributed by atoms with Crippen molar-refractivity contribution in [1.29, 1.82) is 0 Å². The van der Waals surface area contributed by atoms with Gasteiger partial charge in [-0.05, 0) is 31.7 Å². The van der Waals surface area contributed by atoms with Crippen LogP contribution in [-0.4, -0.2) is 49.8 Å². The number of hydrogen-bond donors (Lipinski definition) is 1. The van der Waals surface area contributed by atoms with Crippen molar-refractivity contribution in [1.82, 2.24) is 15.2 Å². The summed E-state index contributed by atoms with van der Waals surface area (Å²) in [5.41, 5.74) is 1.30. The summed E-state index contributed by atoms with van der Waals surface area (Å²) in [5.74, 6) is 0. The number of nitrogens with zero attached hydrogens (tertiary/aromatic N) is 2. The van der Waals surface area contributed by atoms with Crippen molar-refractivity contribution in [3.63, 3.8) is 0 Å². The second-order valence-electron chi connectivity index (χ2n) is 4.04.